The zero-order valence-corrected chi connectivity index (χ0v) is 13.1. The fourth-order valence-electron chi connectivity index (χ4n) is 2.09. The molecule has 0 aliphatic heterocycles. The lowest BCUT2D eigenvalue weighted by Crippen LogP contribution is -2.06. The van der Waals surface area contributed by atoms with Crippen molar-refractivity contribution in [3.8, 4) is 22.1 Å². The Morgan fingerprint density at radius 2 is 2.00 bits per heavy atom. The van der Waals surface area contributed by atoms with Gasteiger partial charge in [0, 0.05) is 10.4 Å². The van der Waals surface area contributed by atoms with Crippen LogP contribution in [0, 0.1) is 6.92 Å². The zero-order valence-electron chi connectivity index (χ0n) is 12.3. The van der Waals surface area contributed by atoms with Crippen LogP contribution in [0.25, 0.3) is 22.1 Å². The summed E-state index contributed by atoms with van der Waals surface area (Å²) in [7, 11) is 0. The van der Waals surface area contributed by atoms with E-state index in [2.05, 4.69) is 4.98 Å². The van der Waals surface area contributed by atoms with E-state index in [4.69, 9.17) is 9.15 Å². The summed E-state index contributed by atoms with van der Waals surface area (Å²) >= 11 is 1.56. The number of ether oxygens (including phenoxy) is 1. The highest BCUT2D eigenvalue weighted by atomic mass is 32.1. The molecule has 0 amide bonds. The maximum atomic E-state index is 12.2. The van der Waals surface area contributed by atoms with Crippen molar-refractivity contribution in [2.75, 3.05) is 6.61 Å². The van der Waals surface area contributed by atoms with Crippen LogP contribution in [0.15, 0.2) is 46.9 Å². The number of carbonyl (C=O) groups excluding carboxylic acids is 1. The van der Waals surface area contributed by atoms with Crippen LogP contribution in [-0.2, 0) is 4.74 Å². The van der Waals surface area contributed by atoms with Gasteiger partial charge in [-0.1, -0.05) is 18.2 Å². The van der Waals surface area contributed by atoms with Crippen LogP contribution in [0.3, 0.4) is 0 Å². The molecule has 0 spiro atoms. The summed E-state index contributed by atoms with van der Waals surface area (Å²) < 4.78 is 11.0. The van der Waals surface area contributed by atoms with Gasteiger partial charge in [-0.3, -0.25) is 0 Å². The second-order valence-corrected chi connectivity index (χ2v) is 5.98. The molecule has 0 aliphatic carbocycles. The number of oxazole rings is 1. The van der Waals surface area contributed by atoms with Gasteiger partial charge in [-0.25, -0.2) is 9.78 Å². The molecule has 0 bridgehead atoms. The standard InChI is InChI=1S/C17H15NO3S/c1-3-20-17(19)14-15(13-10-9-11(2)22-13)21-16(18-14)12-7-5-4-6-8-12/h4-10H,3H2,1-2H3. The van der Waals surface area contributed by atoms with E-state index >= 15 is 0 Å². The predicted octanol–water partition coefficient (Wildman–Crippen LogP) is 4.56. The predicted molar refractivity (Wildman–Crippen MR) is 85.9 cm³/mol. The molecule has 0 fully saturated rings. The number of aryl methyl sites for hydroxylation is 1. The third kappa shape index (κ3) is 2.80. The largest absolute Gasteiger partial charge is 0.461 e. The van der Waals surface area contributed by atoms with E-state index < -0.39 is 5.97 Å². The Balaban J connectivity index is 2.10. The molecule has 3 rings (SSSR count). The van der Waals surface area contributed by atoms with E-state index in [1.165, 1.54) is 0 Å². The monoisotopic (exact) mass is 313 g/mol. The van der Waals surface area contributed by atoms with Crippen molar-refractivity contribution in [1.29, 1.82) is 0 Å². The van der Waals surface area contributed by atoms with E-state index in [9.17, 15) is 4.79 Å². The maximum absolute atomic E-state index is 12.2. The molecule has 3 aromatic rings. The summed E-state index contributed by atoms with van der Waals surface area (Å²) in [5.41, 5.74) is 1.05. The van der Waals surface area contributed by atoms with Crippen LogP contribution in [0.1, 0.15) is 22.3 Å². The molecule has 0 N–H and O–H groups in total. The van der Waals surface area contributed by atoms with Gasteiger partial charge in [0.15, 0.2) is 11.5 Å². The average molecular weight is 313 g/mol. The van der Waals surface area contributed by atoms with Crippen molar-refractivity contribution >= 4 is 17.3 Å². The van der Waals surface area contributed by atoms with Gasteiger partial charge in [-0.2, -0.15) is 0 Å². The molecule has 22 heavy (non-hydrogen) atoms. The van der Waals surface area contributed by atoms with E-state index in [-0.39, 0.29) is 5.69 Å². The molecule has 4 nitrogen and oxygen atoms in total. The van der Waals surface area contributed by atoms with Gasteiger partial charge < -0.3 is 9.15 Å². The molecule has 0 unspecified atom stereocenters. The molecule has 0 radical (unpaired) electrons. The van der Waals surface area contributed by atoms with Gasteiger partial charge in [0.05, 0.1) is 11.5 Å². The van der Waals surface area contributed by atoms with Crippen molar-refractivity contribution in [2.45, 2.75) is 13.8 Å². The number of carbonyl (C=O) groups is 1. The number of hydrogen-bond donors (Lipinski definition) is 0. The average Bonchev–Trinajstić information content (AvgIpc) is 3.14. The molecule has 0 saturated heterocycles. The van der Waals surface area contributed by atoms with E-state index in [0.29, 0.717) is 18.3 Å². The topological polar surface area (TPSA) is 52.3 Å². The first kappa shape index (κ1) is 14.5. The number of thiophene rings is 1. The minimum Gasteiger partial charge on any atom is -0.461 e. The molecule has 2 aromatic heterocycles. The number of benzene rings is 1. The molecule has 0 aliphatic rings. The Morgan fingerprint density at radius 1 is 1.23 bits per heavy atom. The van der Waals surface area contributed by atoms with Crippen molar-refractivity contribution in [3.63, 3.8) is 0 Å². The fourth-order valence-corrected chi connectivity index (χ4v) is 2.94. The molecule has 2 heterocycles. The first-order chi connectivity index (χ1) is 10.7. The zero-order chi connectivity index (χ0) is 15.5. The minimum atomic E-state index is -0.463. The molecule has 5 heteroatoms. The van der Waals surface area contributed by atoms with Gasteiger partial charge in [-0.15, -0.1) is 11.3 Å². The third-order valence-electron chi connectivity index (χ3n) is 3.08. The van der Waals surface area contributed by atoms with Crippen LogP contribution in [-0.4, -0.2) is 17.6 Å². The molecule has 112 valence electrons. The van der Waals surface area contributed by atoms with Gasteiger partial charge in [0.1, 0.15) is 0 Å². The lowest BCUT2D eigenvalue weighted by atomic mass is 10.2. The summed E-state index contributed by atoms with van der Waals surface area (Å²) in [5, 5.41) is 0. The Kier molecular flexibility index (Phi) is 4.06. The Hall–Kier alpha value is -2.40. The van der Waals surface area contributed by atoms with Gasteiger partial charge in [0.2, 0.25) is 5.89 Å². The summed E-state index contributed by atoms with van der Waals surface area (Å²) in [4.78, 5) is 18.5. The van der Waals surface area contributed by atoms with Gasteiger partial charge in [-0.05, 0) is 38.1 Å². The highest BCUT2D eigenvalue weighted by molar-refractivity contribution is 7.15. The smallest absolute Gasteiger partial charge is 0.361 e. The van der Waals surface area contributed by atoms with Crippen LogP contribution in [0.4, 0.5) is 0 Å². The molecular weight excluding hydrogens is 298 g/mol. The fraction of sp³-hybridized carbons (Fsp3) is 0.176. The van der Waals surface area contributed by atoms with Crippen molar-refractivity contribution < 1.29 is 13.9 Å². The lowest BCUT2D eigenvalue weighted by molar-refractivity contribution is 0.0520. The molecular formula is C17H15NO3S. The van der Waals surface area contributed by atoms with Crippen LogP contribution in [0.5, 0.6) is 0 Å². The van der Waals surface area contributed by atoms with E-state index in [1.807, 2.05) is 49.4 Å². The maximum Gasteiger partial charge on any atom is 0.361 e. The Labute approximate surface area is 132 Å². The van der Waals surface area contributed by atoms with Crippen molar-refractivity contribution in [3.05, 3.63) is 53.0 Å². The van der Waals surface area contributed by atoms with Gasteiger partial charge >= 0.3 is 5.97 Å². The SMILES string of the molecule is CCOC(=O)c1nc(-c2ccccc2)oc1-c1ccc(C)s1. The quantitative estimate of drug-likeness (QED) is 0.663. The number of hydrogen-bond acceptors (Lipinski definition) is 5. The summed E-state index contributed by atoms with van der Waals surface area (Å²) in [6.07, 6.45) is 0. The van der Waals surface area contributed by atoms with Crippen LogP contribution in [0.2, 0.25) is 0 Å². The van der Waals surface area contributed by atoms with Crippen molar-refractivity contribution in [2.24, 2.45) is 0 Å². The van der Waals surface area contributed by atoms with E-state index in [0.717, 1.165) is 15.3 Å². The number of nitrogens with zero attached hydrogens (tertiary/aromatic N) is 1. The van der Waals surface area contributed by atoms with E-state index in [1.54, 1.807) is 18.3 Å². The first-order valence-electron chi connectivity index (χ1n) is 6.99. The highest BCUT2D eigenvalue weighted by Crippen LogP contribution is 2.34. The number of esters is 1. The second-order valence-electron chi connectivity index (χ2n) is 4.69. The third-order valence-corrected chi connectivity index (χ3v) is 4.08. The normalized spacial score (nSPS) is 10.6. The summed E-state index contributed by atoms with van der Waals surface area (Å²) in [6.45, 7) is 4.08. The molecule has 0 saturated carbocycles. The molecule has 0 atom stereocenters. The lowest BCUT2D eigenvalue weighted by Gasteiger charge is -1.98. The first-order valence-corrected chi connectivity index (χ1v) is 7.81. The highest BCUT2D eigenvalue weighted by Gasteiger charge is 2.24. The van der Waals surface area contributed by atoms with Gasteiger partial charge in [0.25, 0.3) is 0 Å². The summed E-state index contributed by atoms with van der Waals surface area (Å²) in [6, 6.07) is 13.4. The Bertz CT molecular complexity index is 789. The number of aromatic nitrogens is 1. The van der Waals surface area contributed by atoms with Crippen molar-refractivity contribution in [1.82, 2.24) is 4.98 Å². The van der Waals surface area contributed by atoms with Crippen LogP contribution >= 0.6 is 11.3 Å². The second kappa shape index (κ2) is 6.15. The summed E-state index contributed by atoms with van der Waals surface area (Å²) in [5.74, 6) is 0.426. The number of rotatable bonds is 4. The Morgan fingerprint density at radius 3 is 2.64 bits per heavy atom. The molecule has 1 aromatic carbocycles. The van der Waals surface area contributed by atoms with Crippen LogP contribution < -0.4 is 0 Å². The minimum absolute atomic E-state index is 0.225.